The first-order valence-corrected chi connectivity index (χ1v) is 11.6. The summed E-state index contributed by atoms with van der Waals surface area (Å²) in [6, 6.07) is 8.20. The average molecular weight is 416 g/mol. The van der Waals surface area contributed by atoms with Crippen LogP contribution in [0.3, 0.4) is 0 Å². The van der Waals surface area contributed by atoms with E-state index in [1.165, 1.54) is 25.7 Å². The molecule has 0 unspecified atom stereocenters. The summed E-state index contributed by atoms with van der Waals surface area (Å²) in [5, 5.41) is 10.2. The lowest BCUT2D eigenvalue weighted by Gasteiger charge is -2.26. The maximum atomic E-state index is 13.4. The number of carbonyl (C=O) groups is 1. The normalized spacial score (nSPS) is 15.6. The molecule has 28 heavy (non-hydrogen) atoms. The Morgan fingerprint density at radius 3 is 2.68 bits per heavy atom. The van der Waals surface area contributed by atoms with E-state index in [0.29, 0.717) is 17.6 Å². The predicted octanol–water partition coefficient (Wildman–Crippen LogP) is 5.68. The van der Waals surface area contributed by atoms with Crippen LogP contribution < -0.4 is 0 Å². The molecule has 0 saturated heterocycles. The summed E-state index contributed by atoms with van der Waals surface area (Å²) in [5.41, 5.74) is 1.73. The molecule has 0 atom stereocenters. The maximum absolute atomic E-state index is 13.4. The van der Waals surface area contributed by atoms with Crippen LogP contribution in [0.15, 0.2) is 33.0 Å². The molecule has 2 aromatic heterocycles. The summed E-state index contributed by atoms with van der Waals surface area (Å²) >= 11 is 3.19. The lowest BCUT2D eigenvalue weighted by Crippen LogP contribution is -2.37. The molecule has 1 aromatic carbocycles. The summed E-state index contributed by atoms with van der Waals surface area (Å²) in [5.74, 6) is 1.11. The van der Waals surface area contributed by atoms with Crippen LogP contribution in [0.25, 0.3) is 11.0 Å². The van der Waals surface area contributed by atoms with Crippen molar-refractivity contribution in [2.45, 2.75) is 61.6 Å². The number of amides is 1. The van der Waals surface area contributed by atoms with Gasteiger partial charge in [0.25, 0.3) is 5.91 Å². The zero-order valence-corrected chi connectivity index (χ0v) is 17.9. The van der Waals surface area contributed by atoms with E-state index in [4.69, 9.17) is 4.42 Å². The van der Waals surface area contributed by atoms with E-state index in [9.17, 15) is 4.79 Å². The fourth-order valence-electron chi connectivity index (χ4n) is 3.86. The third-order valence-corrected chi connectivity index (χ3v) is 7.43. The monoisotopic (exact) mass is 415 g/mol. The topological polar surface area (TPSA) is 59.2 Å². The highest BCUT2D eigenvalue weighted by atomic mass is 32.2. The molecule has 0 radical (unpaired) electrons. The van der Waals surface area contributed by atoms with Gasteiger partial charge in [0.1, 0.15) is 10.6 Å². The molecular weight excluding hydrogens is 390 g/mol. The van der Waals surface area contributed by atoms with Crippen LogP contribution in [0.4, 0.5) is 0 Å². The van der Waals surface area contributed by atoms with Gasteiger partial charge in [-0.25, -0.2) is 0 Å². The van der Waals surface area contributed by atoms with Gasteiger partial charge in [-0.15, -0.1) is 10.2 Å². The summed E-state index contributed by atoms with van der Waals surface area (Å²) < 4.78 is 6.98. The van der Waals surface area contributed by atoms with Gasteiger partial charge in [0.2, 0.25) is 0 Å². The molecule has 1 amide bonds. The predicted molar refractivity (Wildman–Crippen MR) is 114 cm³/mol. The zero-order valence-electron chi connectivity index (χ0n) is 16.3. The highest BCUT2D eigenvalue weighted by Crippen LogP contribution is 2.34. The first-order chi connectivity index (χ1) is 13.6. The molecule has 1 saturated carbocycles. The number of furan rings is 1. The molecule has 1 aliphatic carbocycles. The molecule has 3 aromatic rings. The van der Waals surface area contributed by atoms with Crippen LogP contribution in [-0.2, 0) is 5.75 Å². The molecule has 148 valence electrons. The van der Waals surface area contributed by atoms with Gasteiger partial charge in [-0.05, 0) is 25.8 Å². The Labute approximate surface area is 173 Å². The number of aryl methyl sites for hydroxylation is 1. The number of carbonyl (C=O) groups excluding carboxylic acids is 1. The quantitative estimate of drug-likeness (QED) is 0.396. The minimum absolute atomic E-state index is 0.00727. The van der Waals surface area contributed by atoms with Crippen LogP contribution in [-0.4, -0.2) is 34.1 Å². The standard InChI is InChI=1S/C21H25N3O2S2/c1-14-22-23-21(28-14)27-13-17-16-11-7-8-12-18(16)26-19(17)20(25)24(2)15-9-5-3-4-6-10-15/h7-8,11-12,15H,3-6,9-10,13H2,1-2H3. The second-order valence-corrected chi connectivity index (χ2v) is 9.75. The van der Waals surface area contributed by atoms with Crippen molar-refractivity contribution < 1.29 is 9.21 Å². The van der Waals surface area contributed by atoms with Crippen molar-refractivity contribution in [3.05, 3.63) is 40.6 Å². The SMILES string of the molecule is Cc1nnc(SCc2c(C(=O)N(C)C3CCCCCC3)oc3ccccc23)s1. The number of hydrogen-bond acceptors (Lipinski definition) is 6. The van der Waals surface area contributed by atoms with Crippen molar-refractivity contribution in [3.8, 4) is 0 Å². The van der Waals surface area contributed by atoms with Crippen molar-refractivity contribution in [2.24, 2.45) is 0 Å². The Balaban J connectivity index is 1.62. The molecule has 1 aliphatic rings. The molecule has 0 aliphatic heterocycles. The minimum Gasteiger partial charge on any atom is -0.451 e. The number of thioether (sulfide) groups is 1. The number of rotatable bonds is 5. The highest BCUT2D eigenvalue weighted by molar-refractivity contribution is 8.00. The van der Waals surface area contributed by atoms with Gasteiger partial charge in [0.05, 0.1) is 0 Å². The molecule has 1 fully saturated rings. The van der Waals surface area contributed by atoms with Gasteiger partial charge in [-0.3, -0.25) is 4.79 Å². The Morgan fingerprint density at radius 2 is 1.96 bits per heavy atom. The first kappa shape index (κ1) is 19.5. The van der Waals surface area contributed by atoms with Gasteiger partial charge in [-0.1, -0.05) is 67.0 Å². The van der Waals surface area contributed by atoms with Crippen LogP contribution in [0.2, 0.25) is 0 Å². The van der Waals surface area contributed by atoms with Crippen LogP contribution in [0, 0.1) is 6.92 Å². The number of fused-ring (bicyclic) bond motifs is 1. The molecule has 0 N–H and O–H groups in total. The number of hydrogen-bond donors (Lipinski definition) is 0. The Bertz CT molecular complexity index is 958. The summed E-state index contributed by atoms with van der Waals surface area (Å²) in [7, 11) is 1.93. The maximum Gasteiger partial charge on any atom is 0.289 e. The lowest BCUT2D eigenvalue weighted by molar-refractivity contribution is 0.0686. The largest absolute Gasteiger partial charge is 0.451 e. The van der Waals surface area contributed by atoms with Gasteiger partial charge in [0.15, 0.2) is 10.1 Å². The van der Waals surface area contributed by atoms with Gasteiger partial charge in [0, 0.05) is 29.8 Å². The fraction of sp³-hybridized carbons (Fsp3) is 0.476. The van der Waals surface area contributed by atoms with Gasteiger partial charge < -0.3 is 9.32 Å². The smallest absolute Gasteiger partial charge is 0.289 e. The van der Waals surface area contributed by atoms with Gasteiger partial charge in [-0.2, -0.15) is 0 Å². The highest BCUT2D eigenvalue weighted by Gasteiger charge is 2.28. The molecule has 0 spiro atoms. The first-order valence-electron chi connectivity index (χ1n) is 9.84. The summed E-state index contributed by atoms with van der Waals surface area (Å²) in [4.78, 5) is 15.3. The van der Waals surface area contributed by atoms with E-state index in [-0.39, 0.29) is 5.91 Å². The van der Waals surface area contributed by atoms with Crippen LogP contribution in [0.5, 0.6) is 0 Å². The van der Waals surface area contributed by atoms with Crippen molar-refractivity contribution in [1.29, 1.82) is 0 Å². The second-order valence-electron chi connectivity index (χ2n) is 7.34. The van der Waals surface area contributed by atoms with Gasteiger partial charge >= 0.3 is 0 Å². The van der Waals surface area contributed by atoms with E-state index in [2.05, 4.69) is 10.2 Å². The Hall–Kier alpha value is -1.86. The van der Waals surface area contributed by atoms with Crippen molar-refractivity contribution in [1.82, 2.24) is 15.1 Å². The van der Waals surface area contributed by atoms with Crippen molar-refractivity contribution in [2.75, 3.05) is 7.05 Å². The summed E-state index contributed by atoms with van der Waals surface area (Å²) in [6.45, 7) is 1.95. The fourth-order valence-corrected chi connectivity index (χ4v) is 5.70. The lowest BCUT2D eigenvalue weighted by atomic mass is 10.1. The Kier molecular flexibility index (Phi) is 6.01. The third kappa shape index (κ3) is 4.10. The minimum atomic E-state index is -0.00727. The molecular formula is C21H25N3O2S2. The third-order valence-electron chi connectivity index (χ3n) is 5.43. The van der Waals surface area contributed by atoms with E-state index >= 15 is 0 Å². The molecule has 0 bridgehead atoms. The van der Waals surface area contributed by atoms with Crippen molar-refractivity contribution in [3.63, 3.8) is 0 Å². The molecule has 5 nitrogen and oxygen atoms in total. The van der Waals surface area contributed by atoms with E-state index in [0.717, 1.165) is 38.7 Å². The van der Waals surface area contributed by atoms with Crippen LogP contribution in [0.1, 0.15) is 59.7 Å². The molecule has 2 heterocycles. The van der Waals surface area contributed by atoms with Crippen molar-refractivity contribution >= 4 is 40.0 Å². The number of para-hydroxylation sites is 1. The summed E-state index contributed by atoms with van der Waals surface area (Å²) in [6.07, 6.45) is 7.09. The zero-order chi connectivity index (χ0) is 19.5. The molecule has 4 rings (SSSR count). The van der Waals surface area contributed by atoms with E-state index in [1.54, 1.807) is 23.1 Å². The average Bonchev–Trinajstić information content (AvgIpc) is 3.17. The van der Waals surface area contributed by atoms with E-state index < -0.39 is 0 Å². The molecule has 7 heteroatoms. The second kappa shape index (κ2) is 8.66. The number of aromatic nitrogens is 2. The van der Waals surface area contributed by atoms with E-state index in [1.807, 2.05) is 43.1 Å². The Morgan fingerprint density at radius 1 is 1.21 bits per heavy atom. The number of benzene rings is 1. The van der Waals surface area contributed by atoms with Crippen LogP contribution >= 0.6 is 23.1 Å². The number of nitrogens with zero attached hydrogens (tertiary/aromatic N) is 3.